The van der Waals surface area contributed by atoms with Crippen LogP contribution >= 0.6 is 0 Å². The van der Waals surface area contributed by atoms with Crippen LogP contribution in [0.15, 0.2) is 16.7 Å². The summed E-state index contributed by atoms with van der Waals surface area (Å²) in [6.45, 7) is 9.87. The molecule has 0 amide bonds. The molecular weight excluding hydrogens is 222 g/mol. The number of rotatable bonds is 9. The average molecular weight is 251 g/mol. The largest absolute Gasteiger partial charge is 0.467 e. The Morgan fingerprint density at radius 2 is 2.06 bits per heavy atom. The fraction of sp³-hybridized carbons (Fsp3) is 0.750. The lowest BCUT2D eigenvalue weighted by molar-refractivity contribution is 0.320. The van der Waals surface area contributed by atoms with E-state index in [0.29, 0.717) is 6.04 Å². The number of nitrogens with one attached hydrogen (secondary N) is 1. The topological polar surface area (TPSA) is 25.2 Å². The quantitative estimate of drug-likeness (QED) is 0.679. The highest BCUT2D eigenvalue weighted by Crippen LogP contribution is 2.28. The first-order valence-corrected chi connectivity index (χ1v) is 7.50. The summed E-state index contributed by atoms with van der Waals surface area (Å²) in [4.78, 5) is 0. The van der Waals surface area contributed by atoms with Gasteiger partial charge >= 0.3 is 0 Å². The van der Waals surface area contributed by atoms with Crippen LogP contribution in [0.2, 0.25) is 0 Å². The number of unbranched alkanes of at least 4 members (excludes halogenated alkanes) is 1. The van der Waals surface area contributed by atoms with Gasteiger partial charge in [0.2, 0.25) is 0 Å². The average Bonchev–Trinajstić information content (AvgIpc) is 2.79. The monoisotopic (exact) mass is 251 g/mol. The Kier molecular flexibility index (Phi) is 7.11. The molecule has 1 aromatic rings. The zero-order valence-electron chi connectivity index (χ0n) is 12.5. The molecule has 0 saturated heterocycles. The lowest BCUT2D eigenvalue weighted by Crippen LogP contribution is -2.23. The van der Waals surface area contributed by atoms with Gasteiger partial charge < -0.3 is 9.73 Å². The van der Waals surface area contributed by atoms with E-state index in [4.69, 9.17) is 4.42 Å². The molecule has 2 atom stereocenters. The highest BCUT2D eigenvalue weighted by molar-refractivity contribution is 5.18. The van der Waals surface area contributed by atoms with E-state index in [1.807, 2.05) is 6.26 Å². The second-order valence-corrected chi connectivity index (χ2v) is 5.23. The summed E-state index contributed by atoms with van der Waals surface area (Å²) < 4.78 is 5.67. The minimum atomic E-state index is 0.381. The van der Waals surface area contributed by atoms with E-state index in [-0.39, 0.29) is 0 Å². The first kappa shape index (κ1) is 15.3. The highest BCUT2D eigenvalue weighted by Gasteiger charge is 2.20. The van der Waals surface area contributed by atoms with Gasteiger partial charge in [-0.25, -0.2) is 0 Å². The number of furan rings is 1. The first-order chi connectivity index (χ1) is 8.72. The third kappa shape index (κ3) is 4.49. The van der Waals surface area contributed by atoms with Gasteiger partial charge in [0.15, 0.2) is 0 Å². The maximum atomic E-state index is 5.67. The Morgan fingerprint density at radius 1 is 1.28 bits per heavy atom. The Hall–Kier alpha value is -0.760. The molecule has 0 spiro atoms. The van der Waals surface area contributed by atoms with E-state index < -0.39 is 0 Å². The van der Waals surface area contributed by atoms with Crippen molar-refractivity contribution in [1.29, 1.82) is 0 Å². The van der Waals surface area contributed by atoms with Crippen molar-refractivity contribution >= 4 is 0 Å². The smallest absolute Gasteiger partial charge is 0.123 e. The normalized spacial score (nSPS) is 14.7. The maximum Gasteiger partial charge on any atom is 0.123 e. The molecule has 104 valence electrons. The van der Waals surface area contributed by atoms with E-state index >= 15 is 0 Å². The van der Waals surface area contributed by atoms with Crippen LogP contribution in [0, 0.1) is 12.8 Å². The SMILES string of the molecule is CCCCC(CC)CC(NCC)c1occc1C. The van der Waals surface area contributed by atoms with Crippen molar-refractivity contribution in [3.8, 4) is 0 Å². The third-order valence-corrected chi connectivity index (χ3v) is 3.78. The van der Waals surface area contributed by atoms with Crippen LogP contribution in [-0.2, 0) is 0 Å². The minimum absolute atomic E-state index is 0.381. The molecule has 2 nitrogen and oxygen atoms in total. The predicted octanol–water partition coefficient (Wildman–Crippen LogP) is 4.85. The maximum absolute atomic E-state index is 5.67. The van der Waals surface area contributed by atoms with Crippen LogP contribution in [0.25, 0.3) is 0 Å². The second kappa shape index (κ2) is 8.36. The van der Waals surface area contributed by atoms with Crippen molar-refractivity contribution in [2.45, 2.75) is 65.8 Å². The van der Waals surface area contributed by atoms with Crippen LogP contribution < -0.4 is 5.32 Å². The molecule has 1 aromatic heterocycles. The summed E-state index contributed by atoms with van der Waals surface area (Å²) in [5.74, 6) is 1.94. The van der Waals surface area contributed by atoms with Crippen molar-refractivity contribution in [3.63, 3.8) is 0 Å². The zero-order valence-corrected chi connectivity index (χ0v) is 12.5. The summed E-state index contributed by atoms with van der Waals surface area (Å²) in [6, 6.07) is 2.44. The van der Waals surface area contributed by atoms with Crippen LogP contribution in [0.5, 0.6) is 0 Å². The minimum Gasteiger partial charge on any atom is -0.467 e. The van der Waals surface area contributed by atoms with Gasteiger partial charge in [0.25, 0.3) is 0 Å². The van der Waals surface area contributed by atoms with E-state index in [9.17, 15) is 0 Å². The van der Waals surface area contributed by atoms with Crippen LogP contribution in [0.3, 0.4) is 0 Å². The Bertz CT molecular complexity index is 319. The Balaban J connectivity index is 2.64. The molecule has 0 saturated carbocycles. The van der Waals surface area contributed by atoms with Crippen LogP contribution in [0.1, 0.15) is 70.2 Å². The number of hydrogen-bond donors (Lipinski definition) is 1. The van der Waals surface area contributed by atoms with Gasteiger partial charge in [-0.1, -0.05) is 46.5 Å². The van der Waals surface area contributed by atoms with Gasteiger partial charge in [-0.3, -0.25) is 0 Å². The molecule has 18 heavy (non-hydrogen) atoms. The third-order valence-electron chi connectivity index (χ3n) is 3.78. The standard InChI is InChI=1S/C16H29NO/c1-5-8-9-14(6-2)12-15(17-7-3)16-13(4)10-11-18-16/h10-11,14-15,17H,5-9,12H2,1-4H3. The van der Waals surface area contributed by atoms with Crippen LogP contribution in [0.4, 0.5) is 0 Å². The van der Waals surface area contributed by atoms with Gasteiger partial charge in [-0.15, -0.1) is 0 Å². The van der Waals surface area contributed by atoms with E-state index in [0.717, 1.165) is 18.2 Å². The Labute approximate surface area is 112 Å². The van der Waals surface area contributed by atoms with Crippen molar-refractivity contribution in [1.82, 2.24) is 5.32 Å². The molecule has 1 rings (SSSR count). The molecule has 0 aromatic carbocycles. The van der Waals surface area contributed by atoms with Gasteiger partial charge in [-0.2, -0.15) is 0 Å². The molecule has 2 unspecified atom stereocenters. The molecule has 0 aliphatic heterocycles. The summed E-state index contributed by atoms with van der Waals surface area (Å²) in [5.41, 5.74) is 1.27. The van der Waals surface area contributed by atoms with E-state index in [2.05, 4.69) is 39.1 Å². The summed E-state index contributed by atoms with van der Waals surface area (Å²) >= 11 is 0. The van der Waals surface area contributed by atoms with Crippen molar-refractivity contribution < 1.29 is 4.42 Å². The fourth-order valence-electron chi connectivity index (χ4n) is 2.59. The van der Waals surface area contributed by atoms with Crippen molar-refractivity contribution in [2.24, 2.45) is 5.92 Å². The zero-order chi connectivity index (χ0) is 13.4. The molecular formula is C16H29NO. The molecule has 0 fully saturated rings. The summed E-state index contributed by atoms with van der Waals surface area (Å²) in [5, 5.41) is 3.57. The number of hydrogen-bond acceptors (Lipinski definition) is 2. The van der Waals surface area contributed by atoms with Crippen molar-refractivity contribution in [2.75, 3.05) is 6.54 Å². The van der Waals surface area contributed by atoms with Crippen molar-refractivity contribution in [3.05, 3.63) is 23.7 Å². The van der Waals surface area contributed by atoms with Gasteiger partial charge in [-0.05, 0) is 37.4 Å². The summed E-state index contributed by atoms with van der Waals surface area (Å²) in [7, 11) is 0. The lowest BCUT2D eigenvalue weighted by atomic mass is 9.90. The van der Waals surface area contributed by atoms with Gasteiger partial charge in [0.1, 0.15) is 5.76 Å². The molecule has 1 N–H and O–H groups in total. The van der Waals surface area contributed by atoms with E-state index in [1.54, 1.807) is 0 Å². The van der Waals surface area contributed by atoms with Crippen LogP contribution in [-0.4, -0.2) is 6.54 Å². The molecule has 0 radical (unpaired) electrons. The molecule has 2 heteroatoms. The fourth-order valence-corrected chi connectivity index (χ4v) is 2.59. The highest BCUT2D eigenvalue weighted by atomic mass is 16.3. The van der Waals surface area contributed by atoms with E-state index in [1.165, 1.54) is 37.7 Å². The van der Waals surface area contributed by atoms with Gasteiger partial charge in [0, 0.05) is 0 Å². The van der Waals surface area contributed by atoms with Gasteiger partial charge in [0.05, 0.1) is 12.3 Å². The first-order valence-electron chi connectivity index (χ1n) is 7.50. The number of aryl methyl sites for hydroxylation is 1. The molecule has 0 aliphatic carbocycles. The molecule has 0 aliphatic rings. The summed E-state index contributed by atoms with van der Waals surface area (Å²) in [6.07, 6.45) is 8.24. The molecule has 0 bridgehead atoms. The lowest BCUT2D eigenvalue weighted by Gasteiger charge is -2.22. The molecule has 1 heterocycles. The second-order valence-electron chi connectivity index (χ2n) is 5.23. The predicted molar refractivity (Wildman–Crippen MR) is 77.8 cm³/mol. The Morgan fingerprint density at radius 3 is 2.56 bits per heavy atom.